The molecule has 0 bridgehead atoms. The Kier molecular flexibility index (Phi) is 4.66. The van der Waals surface area contributed by atoms with E-state index in [1.165, 1.54) is 12.1 Å². The summed E-state index contributed by atoms with van der Waals surface area (Å²) < 4.78 is 14.0. The monoisotopic (exact) mass is 353 g/mol. The Balaban J connectivity index is 1.78. The maximum Gasteiger partial charge on any atom is 0.316 e. The lowest BCUT2D eigenvalue weighted by Crippen LogP contribution is -2.19. The number of amides is 3. The van der Waals surface area contributed by atoms with E-state index in [4.69, 9.17) is 5.73 Å². The highest BCUT2D eigenvalue weighted by molar-refractivity contribution is 6.05. The summed E-state index contributed by atoms with van der Waals surface area (Å²) in [7, 11) is 0. The molecule has 0 unspecified atom stereocenters. The minimum Gasteiger partial charge on any atom is -0.351 e. The lowest BCUT2D eigenvalue weighted by molar-refractivity contribution is 0.102. The van der Waals surface area contributed by atoms with Crippen LogP contribution in [0.3, 0.4) is 0 Å². The summed E-state index contributed by atoms with van der Waals surface area (Å²) in [4.78, 5) is 23.2. The number of carbonyl (C=O) groups excluding carboxylic acids is 2. The van der Waals surface area contributed by atoms with Gasteiger partial charge in [-0.2, -0.15) is 5.10 Å². The third-order valence-corrected chi connectivity index (χ3v) is 3.62. The van der Waals surface area contributed by atoms with Gasteiger partial charge in [-0.3, -0.25) is 9.89 Å². The zero-order chi connectivity index (χ0) is 18.7. The predicted molar refractivity (Wildman–Crippen MR) is 96.3 cm³/mol. The number of carbonyl (C=O) groups is 2. The number of halogens is 1. The highest BCUT2D eigenvalue weighted by atomic mass is 19.1. The molecular weight excluding hydrogens is 337 g/mol. The Labute approximate surface area is 148 Å². The van der Waals surface area contributed by atoms with Crippen molar-refractivity contribution < 1.29 is 14.0 Å². The first-order chi connectivity index (χ1) is 12.4. The molecule has 1 heterocycles. The number of aromatic nitrogens is 2. The molecule has 1 aromatic heterocycles. The normalized spacial score (nSPS) is 10.4. The first-order valence-electron chi connectivity index (χ1n) is 7.72. The molecule has 132 valence electrons. The summed E-state index contributed by atoms with van der Waals surface area (Å²) in [5.41, 5.74) is 7.48. The van der Waals surface area contributed by atoms with Gasteiger partial charge in [-0.15, -0.1) is 0 Å². The van der Waals surface area contributed by atoms with Gasteiger partial charge < -0.3 is 16.4 Å². The van der Waals surface area contributed by atoms with Crippen LogP contribution in [-0.4, -0.2) is 22.1 Å². The fraction of sp³-hybridized carbons (Fsp3) is 0.0556. The number of nitrogens with zero attached hydrogens (tertiary/aromatic N) is 1. The van der Waals surface area contributed by atoms with Crippen LogP contribution in [0.4, 0.5) is 20.7 Å². The minimum atomic E-state index is -0.723. The Bertz CT molecular complexity index is 983. The van der Waals surface area contributed by atoms with Crippen LogP contribution in [-0.2, 0) is 0 Å². The van der Waals surface area contributed by atoms with Gasteiger partial charge in [0.2, 0.25) is 0 Å². The summed E-state index contributed by atoms with van der Waals surface area (Å²) in [5.74, 6) is -0.567. The molecule has 0 aliphatic rings. The molecule has 3 amide bonds. The van der Waals surface area contributed by atoms with E-state index < -0.39 is 11.9 Å². The van der Waals surface area contributed by atoms with Gasteiger partial charge in [-0.25, -0.2) is 9.18 Å². The van der Waals surface area contributed by atoms with E-state index in [9.17, 15) is 14.0 Å². The molecule has 5 N–H and O–H groups in total. The second kappa shape index (κ2) is 7.06. The van der Waals surface area contributed by atoms with Gasteiger partial charge in [0.1, 0.15) is 5.82 Å². The van der Waals surface area contributed by atoms with Gasteiger partial charge in [0.05, 0.1) is 5.69 Å². The second-order valence-electron chi connectivity index (χ2n) is 5.67. The largest absolute Gasteiger partial charge is 0.351 e. The van der Waals surface area contributed by atoms with Crippen LogP contribution in [0.15, 0.2) is 48.5 Å². The number of nitrogens with one attached hydrogen (secondary N) is 3. The van der Waals surface area contributed by atoms with Crippen molar-refractivity contribution in [2.45, 2.75) is 6.92 Å². The average molecular weight is 353 g/mol. The van der Waals surface area contributed by atoms with Crippen LogP contribution in [0, 0.1) is 12.7 Å². The molecule has 3 rings (SSSR count). The highest BCUT2D eigenvalue weighted by Gasteiger charge is 2.12. The van der Waals surface area contributed by atoms with Crippen molar-refractivity contribution in [1.29, 1.82) is 0 Å². The van der Waals surface area contributed by atoms with Crippen LogP contribution in [0.2, 0.25) is 0 Å². The molecule has 26 heavy (non-hydrogen) atoms. The number of benzene rings is 2. The van der Waals surface area contributed by atoms with Crippen molar-refractivity contribution in [2.24, 2.45) is 5.73 Å². The zero-order valence-corrected chi connectivity index (χ0v) is 13.8. The predicted octanol–water partition coefficient (Wildman–Crippen LogP) is 3.27. The maximum atomic E-state index is 14.0. The Hall–Kier alpha value is -3.68. The van der Waals surface area contributed by atoms with E-state index in [2.05, 4.69) is 20.8 Å². The Morgan fingerprint density at radius 1 is 1.12 bits per heavy atom. The number of hydrogen-bond donors (Lipinski definition) is 4. The smallest absolute Gasteiger partial charge is 0.316 e. The number of nitrogens with two attached hydrogens (primary N) is 1. The van der Waals surface area contributed by atoms with Crippen molar-refractivity contribution in [3.05, 3.63) is 65.5 Å². The van der Waals surface area contributed by atoms with E-state index in [1.54, 1.807) is 36.4 Å². The fourth-order valence-electron chi connectivity index (χ4n) is 2.44. The van der Waals surface area contributed by atoms with Crippen LogP contribution >= 0.6 is 0 Å². The Morgan fingerprint density at radius 3 is 2.69 bits per heavy atom. The van der Waals surface area contributed by atoms with Crippen LogP contribution in [0.1, 0.15) is 15.9 Å². The molecule has 0 aliphatic carbocycles. The first kappa shape index (κ1) is 17.2. The average Bonchev–Trinajstić information content (AvgIpc) is 3.05. The van der Waals surface area contributed by atoms with E-state index in [0.717, 1.165) is 5.56 Å². The first-order valence-corrected chi connectivity index (χ1v) is 7.72. The lowest BCUT2D eigenvalue weighted by Gasteiger charge is -2.05. The number of aryl methyl sites for hydroxylation is 1. The zero-order valence-electron chi connectivity index (χ0n) is 13.8. The second-order valence-corrected chi connectivity index (χ2v) is 5.67. The molecule has 0 saturated carbocycles. The number of urea groups is 1. The number of primary amides is 1. The van der Waals surface area contributed by atoms with E-state index in [1.807, 2.05) is 6.92 Å². The quantitative estimate of drug-likeness (QED) is 0.577. The molecule has 0 spiro atoms. The molecule has 0 aliphatic heterocycles. The molecule has 7 nitrogen and oxygen atoms in total. The van der Waals surface area contributed by atoms with Gasteiger partial charge in [0, 0.05) is 22.9 Å². The van der Waals surface area contributed by atoms with Crippen molar-refractivity contribution in [2.75, 3.05) is 10.6 Å². The summed E-state index contributed by atoms with van der Waals surface area (Å²) in [6, 6.07) is 11.8. The van der Waals surface area contributed by atoms with Crippen molar-refractivity contribution in [3.8, 4) is 11.3 Å². The minimum absolute atomic E-state index is 0.249. The van der Waals surface area contributed by atoms with Gasteiger partial charge in [0.15, 0.2) is 5.82 Å². The highest BCUT2D eigenvalue weighted by Crippen LogP contribution is 2.24. The van der Waals surface area contributed by atoms with Crippen molar-refractivity contribution in [1.82, 2.24) is 10.2 Å². The fourth-order valence-corrected chi connectivity index (χ4v) is 2.44. The summed E-state index contributed by atoms with van der Waals surface area (Å²) in [6.45, 7) is 1.86. The number of rotatable bonds is 4. The lowest BCUT2D eigenvalue weighted by atomic mass is 10.1. The van der Waals surface area contributed by atoms with Gasteiger partial charge in [0.25, 0.3) is 5.91 Å². The topological polar surface area (TPSA) is 113 Å². The molecule has 2 aromatic carbocycles. The maximum absolute atomic E-state index is 14.0. The molecular formula is C18H16FN5O2. The van der Waals surface area contributed by atoms with Crippen molar-refractivity contribution in [3.63, 3.8) is 0 Å². The van der Waals surface area contributed by atoms with Gasteiger partial charge in [-0.05, 0) is 37.3 Å². The standard InChI is InChI=1S/C18H16FN5O2/c1-10-5-6-14(19)13(7-10)15-9-16(24-23-15)22-17(25)11-3-2-4-12(8-11)21-18(20)26/h2-9H,1H3,(H3,20,21,26)(H2,22,23,24,25). The van der Waals surface area contributed by atoms with Crippen LogP contribution in [0.5, 0.6) is 0 Å². The third kappa shape index (κ3) is 3.86. The van der Waals surface area contributed by atoms with Crippen molar-refractivity contribution >= 4 is 23.4 Å². The van der Waals surface area contributed by atoms with Crippen LogP contribution in [0.25, 0.3) is 11.3 Å². The number of anilines is 2. The summed E-state index contributed by atoms with van der Waals surface area (Å²) in [5, 5.41) is 11.7. The van der Waals surface area contributed by atoms with Gasteiger partial charge >= 0.3 is 6.03 Å². The third-order valence-electron chi connectivity index (χ3n) is 3.62. The SMILES string of the molecule is Cc1ccc(F)c(-c2cc(NC(=O)c3cccc(NC(N)=O)c3)n[nH]2)c1. The molecule has 3 aromatic rings. The van der Waals surface area contributed by atoms with E-state index in [-0.39, 0.29) is 11.6 Å². The van der Waals surface area contributed by atoms with E-state index >= 15 is 0 Å². The molecule has 0 atom stereocenters. The van der Waals surface area contributed by atoms with E-state index in [0.29, 0.717) is 22.5 Å². The molecule has 0 saturated heterocycles. The number of aromatic amines is 1. The molecule has 0 radical (unpaired) electrons. The van der Waals surface area contributed by atoms with Crippen LogP contribution < -0.4 is 16.4 Å². The summed E-state index contributed by atoms with van der Waals surface area (Å²) in [6.07, 6.45) is 0. The molecule has 8 heteroatoms. The number of H-pyrrole nitrogens is 1. The number of hydrogen-bond acceptors (Lipinski definition) is 3. The Morgan fingerprint density at radius 2 is 1.92 bits per heavy atom. The summed E-state index contributed by atoms with van der Waals surface area (Å²) >= 11 is 0. The van der Waals surface area contributed by atoms with Gasteiger partial charge in [-0.1, -0.05) is 17.7 Å². The molecule has 0 fully saturated rings.